The second-order valence-electron chi connectivity index (χ2n) is 4.74. The summed E-state index contributed by atoms with van der Waals surface area (Å²) < 4.78 is 13.2. The van der Waals surface area contributed by atoms with Crippen LogP contribution < -0.4 is 0 Å². The van der Waals surface area contributed by atoms with Gasteiger partial charge in [0.15, 0.2) is 0 Å². The number of aryl methyl sites for hydroxylation is 1. The van der Waals surface area contributed by atoms with Crippen LogP contribution in [0.3, 0.4) is 0 Å². The number of carboxylic acid groups (broad SMARTS) is 1. The summed E-state index contributed by atoms with van der Waals surface area (Å²) in [6.07, 6.45) is 2.33. The number of hydrogen-bond donors (Lipinski definition) is 1. The van der Waals surface area contributed by atoms with Gasteiger partial charge >= 0.3 is 5.97 Å². The maximum Gasteiger partial charge on any atom is 0.312 e. The van der Waals surface area contributed by atoms with Crippen molar-refractivity contribution in [3.05, 3.63) is 39.6 Å². The fourth-order valence-corrected chi connectivity index (χ4v) is 3.75. The fourth-order valence-electron chi connectivity index (χ4n) is 2.41. The first-order valence-electron chi connectivity index (χ1n) is 6.24. The number of rotatable bonds is 2. The van der Waals surface area contributed by atoms with E-state index in [0.29, 0.717) is 17.1 Å². The van der Waals surface area contributed by atoms with Gasteiger partial charge in [0.25, 0.3) is 0 Å². The van der Waals surface area contributed by atoms with E-state index in [-0.39, 0.29) is 5.02 Å². The van der Waals surface area contributed by atoms with E-state index < -0.39 is 17.7 Å². The molecule has 0 spiro atoms. The zero-order valence-electron chi connectivity index (χ0n) is 10.4. The molecule has 1 aromatic heterocycles. The molecule has 1 atom stereocenters. The lowest BCUT2D eigenvalue weighted by atomic mass is 9.91. The van der Waals surface area contributed by atoms with Gasteiger partial charge in [0.1, 0.15) is 10.8 Å². The van der Waals surface area contributed by atoms with Crippen LogP contribution in [0.25, 0.3) is 10.6 Å². The van der Waals surface area contributed by atoms with Crippen LogP contribution in [-0.2, 0) is 11.2 Å². The first kappa shape index (κ1) is 13.5. The van der Waals surface area contributed by atoms with Crippen LogP contribution in [0, 0.1) is 5.82 Å². The second kappa shape index (κ2) is 5.14. The molecule has 0 radical (unpaired) electrons. The Hall–Kier alpha value is -1.46. The first-order valence-corrected chi connectivity index (χ1v) is 7.43. The van der Waals surface area contributed by atoms with Crippen LogP contribution in [0.5, 0.6) is 0 Å². The van der Waals surface area contributed by atoms with E-state index in [2.05, 4.69) is 4.98 Å². The third kappa shape index (κ3) is 2.31. The molecule has 3 rings (SSSR count). The van der Waals surface area contributed by atoms with Gasteiger partial charge in [-0.1, -0.05) is 11.6 Å². The van der Waals surface area contributed by atoms with E-state index in [4.69, 9.17) is 11.6 Å². The zero-order chi connectivity index (χ0) is 14.3. The largest absolute Gasteiger partial charge is 0.481 e. The molecule has 20 heavy (non-hydrogen) atoms. The van der Waals surface area contributed by atoms with Crippen LogP contribution in [-0.4, -0.2) is 16.1 Å². The molecule has 0 bridgehead atoms. The molecule has 1 unspecified atom stereocenters. The van der Waals surface area contributed by atoms with Crippen LogP contribution in [0.2, 0.25) is 5.02 Å². The van der Waals surface area contributed by atoms with Gasteiger partial charge in [0, 0.05) is 10.4 Å². The topological polar surface area (TPSA) is 50.2 Å². The van der Waals surface area contributed by atoms with E-state index >= 15 is 0 Å². The molecule has 1 aromatic carbocycles. The molecule has 6 heteroatoms. The third-order valence-electron chi connectivity index (χ3n) is 3.42. The summed E-state index contributed by atoms with van der Waals surface area (Å²) >= 11 is 7.25. The maximum absolute atomic E-state index is 13.2. The minimum atomic E-state index is -0.833. The summed E-state index contributed by atoms with van der Waals surface area (Å²) in [7, 11) is 0. The Morgan fingerprint density at radius 3 is 3.00 bits per heavy atom. The molecule has 2 aromatic rings. The van der Waals surface area contributed by atoms with Crippen LogP contribution >= 0.6 is 22.9 Å². The lowest BCUT2D eigenvalue weighted by molar-refractivity contribution is -0.139. The summed E-state index contributed by atoms with van der Waals surface area (Å²) in [6, 6.07) is 4.44. The highest BCUT2D eigenvalue weighted by molar-refractivity contribution is 7.15. The summed E-state index contributed by atoms with van der Waals surface area (Å²) in [5.74, 6) is -1.83. The minimum Gasteiger partial charge on any atom is -0.481 e. The van der Waals surface area contributed by atoms with Gasteiger partial charge in [-0.05, 0) is 37.5 Å². The number of hydrogen-bond acceptors (Lipinski definition) is 3. The van der Waals surface area contributed by atoms with Crippen LogP contribution in [0.1, 0.15) is 29.3 Å². The molecule has 1 aliphatic rings. The van der Waals surface area contributed by atoms with Gasteiger partial charge in [-0.3, -0.25) is 4.79 Å². The minimum absolute atomic E-state index is 0.0467. The number of nitrogens with zero attached hydrogens (tertiary/aromatic N) is 1. The van der Waals surface area contributed by atoms with Crippen molar-refractivity contribution in [3.8, 4) is 10.6 Å². The third-order valence-corrected chi connectivity index (χ3v) is 4.89. The Labute approximate surface area is 124 Å². The number of thiazole rings is 1. The Morgan fingerprint density at radius 1 is 1.50 bits per heavy atom. The van der Waals surface area contributed by atoms with Gasteiger partial charge in [-0.25, -0.2) is 9.37 Å². The van der Waals surface area contributed by atoms with E-state index in [1.165, 1.54) is 23.5 Å². The standard InChI is InChI=1S/C14H11ClFNO2S/c15-9-6-7(4-5-10(9)16)13-17-12-8(14(18)19)2-1-3-11(12)20-13/h4-6,8H,1-3H2,(H,18,19). The van der Waals surface area contributed by atoms with E-state index in [9.17, 15) is 14.3 Å². The Morgan fingerprint density at radius 2 is 2.30 bits per heavy atom. The van der Waals surface area contributed by atoms with Crippen molar-refractivity contribution in [2.75, 3.05) is 0 Å². The average Bonchev–Trinajstić information content (AvgIpc) is 2.85. The van der Waals surface area contributed by atoms with Crippen molar-refractivity contribution >= 4 is 28.9 Å². The van der Waals surface area contributed by atoms with E-state index in [1.807, 2.05) is 0 Å². The van der Waals surface area contributed by atoms with E-state index in [1.54, 1.807) is 6.07 Å². The zero-order valence-corrected chi connectivity index (χ0v) is 12.0. The predicted octanol–water partition coefficient (Wildman–Crippen LogP) is 4.11. The second-order valence-corrected chi connectivity index (χ2v) is 6.23. The normalized spacial score (nSPS) is 17.8. The van der Waals surface area contributed by atoms with Crippen molar-refractivity contribution in [3.63, 3.8) is 0 Å². The number of aromatic nitrogens is 1. The molecule has 0 fully saturated rings. The molecule has 0 saturated heterocycles. The van der Waals surface area contributed by atoms with Crippen molar-refractivity contribution in [1.29, 1.82) is 0 Å². The molecular formula is C14H11ClFNO2S. The summed E-state index contributed by atoms with van der Waals surface area (Å²) in [5, 5.41) is 9.99. The fraction of sp³-hybridized carbons (Fsp3) is 0.286. The lowest BCUT2D eigenvalue weighted by Gasteiger charge is -2.16. The Bertz CT molecular complexity index is 686. The van der Waals surface area contributed by atoms with Gasteiger partial charge in [-0.15, -0.1) is 11.3 Å². The molecule has 104 valence electrons. The van der Waals surface area contributed by atoms with Gasteiger partial charge in [0.2, 0.25) is 0 Å². The molecule has 1 heterocycles. The van der Waals surface area contributed by atoms with Crippen molar-refractivity contribution in [2.45, 2.75) is 25.2 Å². The molecular weight excluding hydrogens is 301 g/mol. The maximum atomic E-state index is 13.2. The van der Waals surface area contributed by atoms with Gasteiger partial charge < -0.3 is 5.11 Å². The SMILES string of the molecule is O=C(O)C1CCCc2sc(-c3ccc(F)c(Cl)c3)nc21. The summed E-state index contributed by atoms with van der Waals surface area (Å²) in [4.78, 5) is 16.7. The van der Waals surface area contributed by atoms with Gasteiger partial charge in [-0.2, -0.15) is 0 Å². The predicted molar refractivity (Wildman–Crippen MR) is 75.8 cm³/mol. The van der Waals surface area contributed by atoms with Gasteiger partial charge in [0.05, 0.1) is 16.6 Å². The van der Waals surface area contributed by atoms with E-state index in [0.717, 1.165) is 23.3 Å². The average molecular weight is 312 g/mol. The lowest BCUT2D eigenvalue weighted by Crippen LogP contribution is -2.17. The Balaban J connectivity index is 2.04. The highest BCUT2D eigenvalue weighted by Crippen LogP contribution is 2.38. The highest BCUT2D eigenvalue weighted by Gasteiger charge is 2.30. The van der Waals surface area contributed by atoms with Crippen LogP contribution in [0.4, 0.5) is 4.39 Å². The molecule has 0 saturated carbocycles. The Kier molecular flexibility index (Phi) is 3.48. The quantitative estimate of drug-likeness (QED) is 0.908. The smallest absolute Gasteiger partial charge is 0.312 e. The number of carbonyl (C=O) groups is 1. The van der Waals surface area contributed by atoms with Crippen LogP contribution in [0.15, 0.2) is 18.2 Å². The molecule has 1 aliphatic carbocycles. The molecule has 1 N–H and O–H groups in total. The molecule has 3 nitrogen and oxygen atoms in total. The number of aliphatic carboxylic acids is 1. The number of carboxylic acids is 1. The number of fused-ring (bicyclic) bond motifs is 1. The summed E-state index contributed by atoms with van der Waals surface area (Å²) in [5.41, 5.74) is 1.38. The van der Waals surface area contributed by atoms with Crippen molar-refractivity contribution in [1.82, 2.24) is 4.98 Å². The summed E-state index contributed by atoms with van der Waals surface area (Å²) in [6.45, 7) is 0. The van der Waals surface area contributed by atoms with Crippen molar-refractivity contribution < 1.29 is 14.3 Å². The van der Waals surface area contributed by atoms with Crippen molar-refractivity contribution in [2.24, 2.45) is 0 Å². The molecule has 0 amide bonds. The molecule has 0 aliphatic heterocycles. The number of halogens is 2. The first-order chi connectivity index (χ1) is 9.56. The highest BCUT2D eigenvalue weighted by atomic mass is 35.5. The number of benzene rings is 1. The monoisotopic (exact) mass is 311 g/mol.